The van der Waals surface area contributed by atoms with Gasteiger partial charge in [0, 0.05) is 17.8 Å². The van der Waals surface area contributed by atoms with Gasteiger partial charge in [0.15, 0.2) is 0 Å². The van der Waals surface area contributed by atoms with Crippen LogP contribution < -0.4 is 10.9 Å². The third-order valence-corrected chi connectivity index (χ3v) is 5.04. The Balaban J connectivity index is 1.59. The van der Waals surface area contributed by atoms with Gasteiger partial charge in [0.1, 0.15) is 6.54 Å². The molecule has 2 aromatic carbocycles. The molecule has 29 heavy (non-hydrogen) atoms. The van der Waals surface area contributed by atoms with E-state index in [2.05, 4.69) is 10.3 Å². The molecule has 1 aliphatic rings. The molecule has 1 aromatic heterocycles. The Hall–Kier alpha value is -3.23. The van der Waals surface area contributed by atoms with Gasteiger partial charge < -0.3 is 5.32 Å². The zero-order valence-electron chi connectivity index (χ0n) is 14.9. The lowest BCUT2D eigenvalue weighted by molar-refractivity contribution is -0.116. The predicted molar refractivity (Wildman–Crippen MR) is 108 cm³/mol. The van der Waals surface area contributed by atoms with Crippen molar-refractivity contribution in [3.63, 3.8) is 0 Å². The molecule has 0 unspecified atom stereocenters. The van der Waals surface area contributed by atoms with Gasteiger partial charge in [-0.2, -0.15) is 0 Å². The quantitative estimate of drug-likeness (QED) is 0.643. The van der Waals surface area contributed by atoms with Gasteiger partial charge >= 0.3 is 0 Å². The van der Waals surface area contributed by atoms with E-state index in [1.165, 1.54) is 43.7 Å². The van der Waals surface area contributed by atoms with Crippen LogP contribution in [0.3, 0.4) is 0 Å². The summed E-state index contributed by atoms with van der Waals surface area (Å²) >= 11 is 12.0. The minimum atomic E-state index is -0.508. The number of carbonyl (C=O) groups is 3. The number of rotatable bonds is 3. The summed E-state index contributed by atoms with van der Waals surface area (Å²) in [5.74, 6) is -1.34. The number of hydrogen-bond acceptors (Lipinski definition) is 5. The third kappa shape index (κ3) is 3.26. The molecule has 146 valence electrons. The molecule has 3 aromatic rings. The molecule has 0 radical (unpaired) electrons. The van der Waals surface area contributed by atoms with Crippen LogP contribution in [0.25, 0.3) is 10.9 Å². The number of nitrogens with one attached hydrogen (secondary N) is 1. The summed E-state index contributed by atoms with van der Waals surface area (Å²) < 4.78 is 1.13. The van der Waals surface area contributed by atoms with E-state index < -0.39 is 23.3 Å². The fraction of sp³-hybridized carbons (Fsp3) is 0.105. The van der Waals surface area contributed by atoms with Crippen molar-refractivity contribution in [2.75, 3.05) is 12.4 Å². The number of amides is 3. The number of hydrogen-bond donors (Lipinski definition) is 1. The average molecular weight is 431 g/mol. The van der Waals surface area contributed by atoms with Gasteiger partial charge in [0.25, 0.3) is 17.4 Å². The summed E-state index contributed by atoms with van der Waals surface area (Å²) in [7, 11) is 1.39. The van der Waals surface area contributed by atoms with E-state index >= 15 is 0 Å². The van der Waals surface area contributed by atoms with Gasteiger partial charge in [-0.1, -0.05) is 23.2 Å². The average Bonchev–Trinajstić information content (AvgIpc) is 2.88. The van der Waals surface area contributed by atoms with E-state index in [1.807, 2.05) is 0 Å². The molecule has 2 heterocycles. The summed E-state index contributed by atoms with van der Waals surface area (Å²) in [5, 5.41) is 3.33. The number of halogens is 2. The number of fused-ring (bicyclic) bond motifs is 2. The van der Waals surface area contributed by atoms with E-state index in [4.69, 9.17) is 23.2 Å². The van der Waals surface area contributed by atoms with Crippen LogP contribution in [0, 0.1) is 0 Å². The minimum absolute atomic E-state index is 0.197. The van der Waals surface area contributed by atoms with Gasteiger partial charge in [0.2, 0.25) is 5.91 Å². The van der Waals surface area contributed by atoms with Crippen LogP contribution in [0.5, 0.6) is 0 Å². The number of carbonyl (C=O) groups excluding carboxylic acids is 3. The van der Waals surface area contributed by atoms with Crippen molar-refractivity contribution < 1.29 is 14.4 Å². The first-order valence-corrected chi connectivity index (χ1v) is 9.12. The lowest BCUT2D eigenvalue weighted by atomic mass is 10.1. The van der Waals surface area contributed by atoms with Crippen LogP contribution in [0.15, 0.2) is 41.5 Å². The van der Waals surface area contributed by atoms with E-state index in [9.17, 15) is 19.2 Å². The van der Waals surface area contributed by atoms with Crippen molar-refractivity contribution in [3.05, 3.63) is 68.2 Å². The van der Waals surface area contributed by atoms with E-state index in [0.29, 0.717) is 11.2 Å². The highest BCUT2D eigenvalue weighted by Crippen LogP contribution is 2.25. The molecule has 0 aliphatic carbocycles. The topological polar surface area (TPSA) is 101 Å². The van der Waals surface area contributed by atoms with E-state index in [-0.39, 0.29) is 33.1 Å². The molecule has 0 saturated heterocycles. The summed E-state index contributed by atoms with van der Waals surface area (Å²) in [6.07, 6.45) is 1.23. The zero-order chi connectivity index (χ0) is 20.9. The van der Waals surface area contributed by atoms with Crippen LogP contribution in [0.4, 0.5) is 5.69 Å². The van der Waals surface area contributed by atoms with Crippen molar-refractivity contribution in [1.82, 2.24) is 14.5 Å². The molecule has 4 rings (SSSR count). The molecular weight excluding hydrogens is 419 g/mol. The molecule has 1 N–H and O–H groups in total. The fourth-order valence-corrected chi connectivity index (χ4v) is 3.64. The lowest BCUT2D eigenvalue weighted by Gasteiger charge is -2.09. The molecule has 0 bridgehead atoms. The van der Waals surface area contributed by atoms with Crippen molar-refractivity contribution in [2.45, 2.75) is 6.54 Å². The van der Waals surface area contributed by atoms with Gasteiger partial charge in [0.05, 0.1) is 33.4 Å². The second-order valence-electron chi connectivity index (χ2n) is 6.44. The largest absolute Gasteiger partial charge is 0.325 e. The second kappa shape index (κ2) is 6.98. The van der Waals surface area contributed by atoms with Crippen molar-refractivity contribution >= 4 is 57.5 Å². The minimum Gasteiger partial charge on any atom is -0.325 e. The van der Waals surface area contributed by atoms with Gasteiger partial charge in [-0.3, -0.25) is 28.6 Å². The van der Waals surface area contributed by atoms with Crippen LogP contribution in [-0.4, -0.2) is 39.2 Å². The maximum absolute atomic E-state index is 12.6. The number of benzene rings is 2. The highest BCUT2D eigenvalue weighted by Gasteiger charge is 2.32. The third-order valence-electron chi connectivity index (χ3n) is 4.53. The summed E-state index contributed by atoms with van der Waals surface area (Å²) in [4.78, 5) is 54.2. The first-order chi connectivity index (χ1) is 13.8. The Morgan fingerprint density at radius 2 is 1.79 bits per heavy atom. The van der Waals surface area contributed by atoms with Crippen LogP contribution in [-0.2, 0) is 11.3 Å². The van der Waals surface area contributed by atoms with Crippen LogP contribution in [0.2, 0.25) is 10.0 Å². The fourth-order valence-electron chi connectivity index (χ4n) is 3.10. The molecule has 8 nitrogen and oxygen atoms in total. The molecule has 0 atom stereocenters. The molecule has 1 aliphatic heterocycles. The van der Waals surface area contributed by atoms with Gasteiger partial charge in [-0.05, 0) is 30.3 Å². The highest BCUT2D eigenvalue weighted by atomic mass is 35.5. The SMILES string of the molecule is CN1C(=O)c2ccc(NC(=O)Cn3cnc4c(Cl)cc(Cl)cc4c3=O)cc2C1=O. The molecule has 3 amide bonds. The van der Waals surface area contributed by atoms with Crippen molar-refractivity contribution in [3.8, 4) is 0 Å². The van der Waals surface area contributed by atoms with Gasteiger partial charge in [-0.25, -0.2) is 4.98 Å². The monoisotopic (exact) mass is 430 g/mol. The van der Waals surface area contributed by atoms with Crippen molar-refractivity contribution in [2.24, 2.45) is 0 Å². The molecular formula is C19H12Cl2N4O4. The van der Waals surface area contributed by atoms with Crippen LogP contribution >= 0.6 is 23.2 Å². The summed E-state index contributed by atoms with van der Waals surface area (Å²) in [5.41, 5.74) is 0.649. The number of nitrogens with zero attached hydrogens (tertiary/aromatic N) is 3. The second-order valence-corrected chi connectivity index (χ2v) is 7.28. The van der Waals surface area contributed by atoms with Crippen molar-refractivity contribution in [1.29, 1.82) is 0 Å². The molecule has 0 saturated carbocycles. The van der Waals surface area contributed by atoms with Crippen LogP contribution in [0.1, 0.15) is 20.7 Å². The first kappa shape index (κ1) is 19.1. The standard InChI is InChI=1S/C19H12Cl2N4O4/c1-24-17(27)11-3-2-10(6-12(11)18(24)28)23-15(26)7-25-8-22-16-13(19(25)29)4-9(20)5-14(16)21/h2-6,8H,7H2,1H3,(H,23,26). The first-order valence-electron chi connectivity index (χ1n) is 8.37. The highest BCUT2D eigenvalue weighted by molar-refractivity contribution is 6.38. The molecule has 10 heteroatoms. The summed E-state index contributed by atoms with van der Waals surface area (Å²) in [6, 6.07) is 7.33. The van der Waals surface area contributed by atoms with E-state index in [0.717, 1.165) is 9.47 Å². The Kier molecular flexibility index (Phi) is 4.60. The normalized spacial score (nSPS) is 13.1. The van der Waals surface area contributed by atoms with Gasteiger partial charge in [-0.15, -0.1) is 0 Å². The predicted octanol–water partition coefficient (Wildman–Crippen LogP) is 2.57. The maximum atomic E-state index is 12.6. The Bertz CT molecular complexity index is 1290. The number of aromatic nitrogens is 2. The van der Waals surface area contributed by atoms with E-state index in [1.54, 1.807) is 0 Å². The zero-order valence-corrected chi connectivity index (χ0v) is 16.4. The Morgan fingerprint density at radius 3 is 2.55 bits per heavy atom. The molecule has 0 fully saturated rings. The Morgan fingerprint density at radius 1 is 1.07 bits per heavy atom. The Labute approximate surface area is 173 Å². The molecule has 0 spiro atoms. The number of anilines is 1. The maximum Gasteiger partial charge on any atom is 0.261 e. The smallest absolute Gasteiger partial charge is 0.261 e. The number of imide groups is 1. The lowest BCUT2D eigenvalue weighted by Crippen LogP contribution is -2.28. The summed E-state index contributed by atoms with van der Waals surface area (Å²) in [6.45, 7) is -0.310.